The van der Waals surface area contributed by atoms with Gasteiger partial charge in [-0.1, -0.05) is 48.5 Å². The largest absolute Gasteiger partial charge is 0.380 e. The fraction of sp³-hybridized carbons (Fsp3) is 0.704. The van der Waals surface area contributed by atoms with Crippen molar-refractivity contribution in [3.63, 3.8) is 0 Å². The van der Waals surface area contributed by atoms with Gasteiger partial charge in [-0.05, 0) is 50.4 Å². The molecular formula is C27H44N4O4. The average molecular weight is 489 g/mol. The van der Waals surface area contributed by atoms with Crippen molar-refractivity contribution in [2.75, 3.05) is 63.5 Å². The molecule has 0 heterocycles. The maximum absolute atomic E-state index is 12.4. The number of anilines is 2. The van der Waals surface area contributed by atoms with Gasteiger partial charge in [-0.2, -0.15) is 0 Å². The fourth-order valence-electron chi connectivity index (χ4n) is 4.65. The van der Waals surface area contributed by atoms with Crippen molar-refractivity contribution in [2.45, 2.75) is 72.1 Å². The lowest BCUT2D eigenvalue weighted by atomic mass is 9.77. The standard InChI is InChI=1S/C27H44N4O4/c1-9-30(8)16-13-28-21-19(23(33)25(21)35)27(6,7)12-11-15-31(10-2)17-14-29-20-18(26(3,4)5)22(32)24(20)34/h28-29H,9-17H2,1-8H3. The van der Waals surface area contributed by atoms with Crippen molar-refractivity contribution in [3.05, 3.63) is 52.0 Å². The minimum atomic E-state index is -0.418. The van der Waals surface area contributed by atoms with Crippen molar-refractivity contribution >= 4 is 11.4 Å². The highest BCUT2D eigenvalue weighted by Gasteiger charge is 2.33. The summed E-state index contributed by atoms with van der Waals surface area (Å²) in [5.74, 6) is 0. The van der Waals surface area contributed by atoms with E-state index in [1.807, 2.05) is 41.7 Å². The lowest BCUT2D eigenvalue weighted by Gasteiger charge is -2.30. The molecule has 0 aliphatic heterocycles. The van der Waals surface area contributed by atoms with Crippen molar-refractivity contribution in [1.29, 1.82) is 0 Å². The first-order valence-electron chi connectivity index (χ1n) is 12.8. The molecule has 35 heavy (non-hydrogen) atoms. The van der Waals surface area contributed by atoms with Gasteiger partial charge in [0.25, 0.3) is 0 Å². The highest BCUT2D eigenvalue weighted by Crippen LogP contribution is 2.31. The molecule has 0 aromatic heterocycles. The molecule has 0 aliphatic rings. The molecule has 8 heteroatoms. The SMILES string of the molecule is CCN(C)CCNc1c(C(C)(C)CCCN(CC)CCNc2c(C(C)(C)C)c(=O)c2=O)c(=O)c1=O. The van der Waals surface area contributed by atoms with Crippen LogP contribution in [0, 0.1) is 0 Å². The normalized spacial score (nSPS) is 12.9. The second-order valence-corrected chi connectivity index (χ2v) is 11.2. The van der Waals surface area contributed by atoms with Gasteiger partial charge in [0.15, 0.2) is 0 Å². The predicted octanol–water partition coefficient (Wildman–Crippen LogP) is 2.03. The molecule has 0 radical (unpaired) electrons. The predicted molar refractivity (Wildman–Crippen MR) is 146 cm³/mol. The summed E-state index contributed by atoms with van der Waals surface area (Å²) in [7, 11) is 2.02. The van der Waals surface area contributed by atoms with E-state index >= 15 is 0 Å². The van der Waals surface area contributed by atoms with Crippen LogP contribution in [0.25, 0.3) is 0 Å². The summed E-state index contributed by atoms with van der Waals surface area (Å²) in [5.41, 5.74) is -0.120. The Morgan fingerprint density at radius 3 is 1.71 bits per heavy atom. The molecule has 0 saturated heterocycles. The van der Waals surface area contributed by atoms with Crippen LogP contribution in [0.3, 0.4) is 0 Å². The maximum Gasteiger partial charge on any atom is 0.249 e. The summed E-state index contributed by atoms with van der Waals surface area (Å²) in [6.07, 6.45) is 1.67. The van der Waals surface area contributed by atoms with Crippen LogP contribution in [0.4, 0.5) is 11.4 Å². The third-order valence-corrected chi connectivity index (χ3v) is 7.04. The summed E-state index contributed by atoms with van der Waals surface area (Å²) in [4.78, 5) is 52.9. The Bertz CT molecular complexity index is 1130. The van der Waals surface area contributed by atoms with Gasteiger partial charge in [-0.25, -0.2) is 0 Å². The summed E-state index contributed by atoms with van der Waals surface area (Å²) in [6, 6.07) is 0. The maximum atomic E-state index is 12.4. The molecule has 0 spiro atoms. The van der Waals surface area contributed by atoms with Crippen LogP contribution in [-0.2, 0) is 10.8 Å². The zero-order chi connectivity index (χ0) is 26.6. The molecule has 2 aromatic rings. The van der Waals surface area contributed by atoms with Crippen molar-refractivity contribution < 1.29 is 0 Å². The fourth-order valence-corrected chi connectivity index (χ4v) is 4.65. The van der Waals surface area contributed by atoms with Gasteiger partial charge in [0.05, 0.1) is 11.4 Å². The Kier molecular flexibility index (Phi) is 9.59. The number of hydrogen-bond acceptors (Lipinski definition) is 8. The Hall–Kier alpha value is -2.32. The highest BCUT2D eigenvalue weighted by atomic mass is 16.2. The van der Waals surface area contributed by atoms with Gasteiger partial charge in [0.1, 0.15) is 0 Å². The smallest absolute Gasteiger partial charge is 0.249 e. The Morgan fingerprint density at radius 2 is 1.20 bits per heavy atom. The molecule has 0 bridgehead atoms. The van der Waals surface area contributed by atoms with Gasteiger partial charge in [-0.15, -0.1) is 0 Å². The molecule has 2 N–H and O–H groups in total. The van der Waals surface area contributed by atoms with Gasteiger partial charge >= 0.3 is 0 Å². The third-order valence-electron chi connectivity index (χ3n) is 7.04. The lowest BCUT2D eigenvalue weighted by Crippen LogP contribution is -2.45. The third kappa shape index (κ3) is 6.67. The van der Waals surface area contributed by atoms with Crippen molar-refractivity contribution in [3.8, 4) is 0 Å². The minimum Gasteiger partial charge on any atom is -0.380 e. The molecule has 0 saturated carbocycles. The van der Waals surface area contributed by atoms with Crippen LogP contribution in [0.1, 0.15) is 72.4 Å². The average Bonchev–Trinajstić information content (AvgIpc) is 2.79. The number of rotatable bonds is 15. The molecule has 196 valence electrons. The first kappa shape index (κ1) is 28.9. The van der Waals surface area contributed by atoms with E-state index in [-0.39, 0.29) is 21.7 Å². The van der Waals surface area contributed by atoms with E-state index in [0.717, 1.165) is 45.6 Å². The van der Waals surface area contributed by atoms with Gasteiger partial charge < -0.3 is 20.4 Å². The topological polar surface area (TPSA) is 98.8 Å². The number of nitrogens with one attached hydrogen (secondary N) is 2. The molecule has 0 atom stereocenters. The van der Waals surface area contributed by atoms with Crippen LogP contribution in [-0.4, -0.2) is 62.7 Å². The second kappa shape index (κ2) is 11.6. The molecule has 2 aromatic carbocycles. The van der Waals surface area contributed by atoms with Crippen LogP contribution < -0.4 is 32.3 Å². The van der Waals surface area contributed by atoms with Crippen molar-refractivity contribution in [1.82, 2.24) is 9.80 Å². The van der Waals surface area contributed by atoms with Crippen molar-refractivity contribution in [2.24, 2.45) is 0 Å². The molecule has 0 fully saturated rings. The molecule has 0 unspecified atom stereocenters. The Morgan fingerprint density at radius 1 is 0.686 bits per heavy atom. The van der Waals surface area contributed by atoms with E-state index < -0.39 is 10.9 Å². The summed E-state index contributed by atoms with van der Waals surface area (Å²) in [5, 5.41) is 6.37. The lowest BCUT2D eigenvalue weighted by molar-refractivity contribution is 0.279. The van der Waals surface area contributed by atoms with E-state index in [2.05, 4.69) is 34.3 Å². The van der Waals surface area contributed by atoms with Gasteiger partial charge in [-0.3, -0.25) is 19.2 Å². The zero-order valence-electron chi connectivity index (χ0n) is 22.9. The van der Waals surface area contributed by atoms with Gasteiger partial charge in [0, 0.05) is 37.3 Å². The monoisotopic (exact) mass is 488 g/mol. The van der Waals surface area contributed by atoms with Crippen LogP contribution in [0.2, 0.25) is 0 Å². The molecule has 0 aliphatic carbocycles. The van der Waals surface area contributed by atoms with Crippen LogP contribution >= 0.6 is 0 Å². The van der Waals surface area contributed by atoms with Crippen LogP contribution in [0.5, 0.6) is 0 Å². The van der Waals surface area contributed by atoms with Crippen LogP contribution in [0.15, 0.2) is 19.2 Å². The first-order chi connectivity index (χ1) is 16.3. The quantitative estimate of drug-likeness (QED) is 0.368. The van der Waals surface area contributed by atoms with E-state index in [9.17, 15) is 19.2 Å². The molecule has 8 nitrogen and oxygen atoms in total. The molecular weight excluding hydrogens is 444 g/mol. The van der Waals surface area contributed by atoms with E-state index in [1.54, 1.807) is 0 Å². The Labute approximate surface area is 209 Å². The summed E-state index contributed by atoms with van der Waals surface area (Å²) >= 11 is 0. The second-order valence-electron chi connectivity index (χ2n) is 11.2. The Balaban J connectivity index is 1.88. The van der Waals surface area contributed by atoms with E-state index in [1.165, 1.54) is 0 Å². The molecule has 0 amide bonds. The highest BCUT2D eigenvalue weighted by molar-refractivity contribution is 5.60. The number of likely N-dealkylation sites (N-methyl/N-ethyl adjacent to an activating group) is 2. The van der Waals surface area contributed by atoms with Gasteiger partial charge in [0.2, 0.25) is 21.7 Å². The van der Waals surface area contributed by atoms with E-state index in [0.29, 0.717) is 35.6 Å². The summed E-state index contributed by atoms with van der Waals surface area (Å²) < 4.78 is 0. The first-order valence-corrected chi connectivity index (χ1v) is 12.8. The zero-order valence-corrected chi connectivity index (χ0v) is 22.9. The van der Waals surface area contributed by atoms with E-state index in [4.69, 9.17) is 0 Å². The minimum absolute atomic E-state index is 0.349. The number of nitrogens with zero attached hydrogens (tertiary/aromatic N) is 2. The summed E-state index contributed by atoms with van der Waals surface area (Å²) in [6.45, 7) is 19.5. The molecule has 2 rings (SSSR count). The number of hydrogen-bond donors (Lipinski definition) is 2.